The normalized spacial score (nSPS) is 10.8. The third kappa shape index (κ3) is 4.41. The van der Waals surface area contributed by atoms with Crippen molar-refractivity contribution >= 4 is 33.1 Å². The van der Waals surface area contributed by atoms with E-state index in [4.69, 9.17) is 0 Å². The van der Waals surface area contributed by atoms with Gasteiger partial charge in [-0.05, 0) is 35.7 Å². The molecule has 1 heterocycles. The number of benzene rings is 3. The van der Waals surface area contributed by atoms with Crippen LogP contribution in [-0.2, 0) is 17.6 Å². The summed E-state index contributed by atoms with van der Waals surface area (Å²) in [5, 5.41) is 4.08. The first-order chi connectivity index (χ1) is 13.3. The van der Waals surface area contributed by atoms with Gasteiger partial charge in [-0.3, -0.25) is 4.79 Å². The summed E-state index contributed by atoms with van der Waals surface area (Å²) in [6.07, 6.45) is 1.89. The lowest BCUT2D eigenvalue weighted by molar-refractivity contribution is -0.116. The number of nitrogens with one attached hydrogen (secondary N) is 1. The number of carbonyl (C=O) groups excluding carboxylic acids is 1. The van der Waals surface area contributed by atoms with Crippen LogP contribution in [-0.4, -0.2) is 10.9 Å². The number of carbonyl (C=O) groups is 1. The monoisotopic (exact) mass is 372 g/mol. The van der Waals surface area contributed by atoms with Crippen molar-refractivity contribution < 1.29 is 4.79 Å². The molecule has 0 unspecified atom stereocenters. The fourth-order valence-electron chi connectivity index (χ4n) is 3.07. The molecular formula is C23H20N2OS. The lowest BCUT2D eigenvalue weighted by Crippen LogP contribution is -2.13. The van der Waals surface area contributed by atoms with E-state index in [0.29, 0.717) is 12.8 Å². The van der Waals surface area contributed by atoms with E-state index in [9.17, 15) is 4.79 Å². The Morgan fingerprint density at radius 3 is 2.48 bits per heavy atom. The Bertz CT molecular complexity index is 1020. The zero-order valence-corrected chi connectivity index (χ0v) is 15.7. The second kappa shape index (κ2) is 8.14. The molecular weight excluding hydrogens is 352 g/mol. The van der Waals surface area contributed by atoms with E-state index in [1.807, 2.05) is 54.6 Å². The van der Waals surface area contributed by atoms with Crippen LogP contribution in [0.3, 0.4) is 0 Å². The second-order valence-electron chi connectivity index (χ2n) is 6.44. The topological polar surface area (TPSA) is 42.0 Å². The van der Waals surface area contributed by atoms with Gasteiger partial charge < -0.3 is 5.32 Å². The average molecular weight is 372 g/mol. The molecule has 0 atom stereocenters. The van der Waals surface area contributed by atoms with Crippen molar-refractivity contribution in [3.8, 4) is 0 Å². The van der Waals surface area contributed by atoms with Gasteiger partial charge in [0.05, 0.1) is 15.2 Å². The highest BCUT2D eigenvalue weighted by molar-refractivity contribution is 7.18. The molecule has 134 valence electrons. The molecule has 0 saturated heterocycles. The predicted octanol–water partition coefficient (Wildman–Crippen LogP) is 5.46. The van der Waals surface area contributed by atoms with Crippen LogP contribution in [0, 0.1) is 0 Å². The fraction of sp³-hybridized carbons (Fsp3) is 0.130. The van der Waals surface area contributed by atoms with Crippen LogP contribution in [0.5, 0.6) is 0 Å². The minimum atomic E-state index is 0.0229. The number of amides is 1. The predicted molar refractivity (Wildman–Crippen MR) is 112 cm³/mol. The Morgan fingerprint density at radius 2 is 1.63 bits per heavy atom. The highest BCUT2D eigenvalue weighted by Gasteiger charge is 2.10. The van der Waals surface area contributed by atoms with E-state index < -0.39 is 0 Å². The maximum atomic E-state index is 12.5. The number of hydrogen-bond acceptors (Lipinski definition) is 3. The Kier molecular flexibility index (Phi) is 5.26. The van der Waals surface area contributed by atoms with Crippen LogP contribution in [0.25, 0.3) is 10.2 Å². The number of fused-ring (bicyclic) bond motifs is 1. The summed E-state index contributed by atoms with van der Waals surface area (Å²) in [6.45, 7) is 0. The summed E-state index contributed by atoms with van der Waals surface area (Å²) in [5.74, 6) is 0.0229. The van der Waals surface area contributed by atoms with Gasteiger partial charge in [-0.1, -0.05) is 60.7 Å². The maximum Gasteiger partial charge on any atom is 0.224 e. The molecule has 27 heavy (non-hydrogen) atoms. The molecule has 0 fully saturated rings. The van der Waals surface area contributed by atoms with Gasteiger partial charge in [0.1, 0.15) is 0 Å². The quantitative estimate of drug-likeness (QED) is 0.488. The molecule has 1 aromatic heterocycles. The molecule has 1 N–H and O–H groups in total. The van der Waals surface area contributed by atoms with Crippen molar-refractivity contribution in [2.45, 2.75) is 19.3 Å². The minimum absolute atomic E-state index is 0.0229. The standard InChI is InChI=1S/C23H20N2OS/c26-22(14-15-23-25-20-12-6-7-13-21(20)27-23)24-19-11-5-4-10-18(19)16-17-8-2-1-3-9-17/h1-13H,14-16H2,(H,24,26). The number of nitrogens with zero attached hydrogens (tertiary/aromatic N) is 1. The van der Waals surface area contributed by atoms with Gasteiger partial charge in [0.25, 0.3) is 0 Å². The van der Waals surface area contributed by atoms with Crippen LogP contribution in [0.15, 0.2) is 78.9 Å². The first-order valence-corrected chi connectivity index (χ1v) is 9.86. The highest BCUT2D eigenvalue weighted by Crippen LogP contribution is 2.23. The molecule has 0 bridgehead atoms. The van der Waals surface area contributed by atoms with Gasteiger partial charge in [-0.15, -0.1) is 11.3 Å². The van der Waals surface area contributed by atoms with Crippen LogP contribution >= 0.6 is 11.3 Å². The average Bonchev–Trinajstić information content (AvgIpc) is 3.12. The van der Waals surface area contributed by atoms with Gasteiger partial charge >= 0.3 is 0 Å². The summed E-state index contributed by atoms with van der Waals surface area (Å²) < 4.78 is 1.17. The zero-order chi connectivity index (χ0) is 18.5. The third-order valence-electron chi connectivity index (χ3n) is 4.43. The van der Waals surface area contributed by atoms with E-state index in [2.05, 4.69) is 34.6 Å². The van der Waals surface area contributed by atoms with E-state index in [0.717, 1.165) is 28.2 Å². The first kappa shape index (κ1) is 17.4. The van der Waals surface area contributed by atoms with Crippen molar-refractivity contribution in [2.75, 3.05) is 5.32 Å². The number of aryl methyl sites for hydroxylation is 1. The van der Waals surface area contributed by atoms with Crippen molar-refractivity contribution in [1.82, 2.24) is 4.98 Å². The number of hydrogen-bond donors (Lipinski definition) is 1. The smallest absolute Gasteiger partial charge is 0.224 e. The van der Waals surface area contributed by atoms with E-state index in [1.165, 1.54) is 10.3 Å². The van der Waals surface area contributed by atoms with Crippen LogP contribution in [0.2, 0.25) is 0 Å². The minimum Gasteiger partial charge on any atom is -0.326 e. The van der Waals surface area contributed by atoms with Crippen molar-refractivity contribution in [3.05, 3.63) is 95.0 Å². The summed E-state index contributed by atoms with van der Waals surface area (Å²) in [7, 11) is 0. The summed E-state index contributed by atoms with van der Waals surface area (Å²) in [4.78, 5) is 17.1. The van der Waals surface area contributed by atoms with E-state index in [-0.39, 0.29) is 5.91 Å². The SMILES string of the molecule is O=C(CCc1nc2ccccc2s1)Nc1ccccc1Cc1ccccc1. The summed E-state index contributed by atoms with van der Waals surface area (Å²) >= 11 is 1.66. The fourth-order valence-corrected chi connectivity index (χ4v) is 4.04. The van der Waals surface area contributed by atoms with Gasteiger partial charge in [0.15, 0.2) is 0 Å². The van der Waals surface area contributed by atoms with Crippen molar-refractivity contribution in [2.24, 2.45) is 0 Å². The zero-order valence-electron chi connectivity index (χ0n) is 14.9. The molecule has 3 aromatic carbocycles. The van der Waals surface area contributed by atoms with Crippen molar-refractivity contribution in [3.63, 3.8) is 0 Å². The van der Waals surface area contributed by atoms with Crippen LogP contribution < -0.4 is 5.32 Å². The Balaban J connectivity index is 1.40. The summed E-state index contributed by atoms with van der Waals surface area (Å²) in [5.41, 5.74) is 4.24. The van der Waals surface area contributed by atoms with Gasteiger partial charge in [-0.2, -0.15) is 0 Å². The number of anilines is 1. The molecule has 0 aliphatic carbocycles. The molecule has 4 heteroatoms. The maximum absolute atomic E-state index is 12.5. The molecule has 4 aromatic rings. The Hall–Kier alpha value is -2.98. The molecule has 0 aliphatic heterocycles. The van der Waals surface area contributed by atoms with Crippen LogP contribution in [0.1, 0.15) is 22.6 Å². The van der Waals surface area contributed by atoms with Crippen molar-refractivity contribution in [1.29, 1.82) is 0 Å². The van der Waals surface area contributed by atoms with E-state index >= 15 is 0 Å². The first-order valence-electron chi connectivity index (χ1n) is 9.04. The molecule has 1 amide bonds. The molecule has 3 nitrogen and oxygen atoms in total. The van der Waals surface area contributed by atoms with Gasteiger partial charge in [-0.25, -0.2) is 4.98 Å². The number of rotatable bonds is 6. The summed E-state index contributed by atoms with van der Waals surface area (Å²) in [6, 6.07) is 26.4. The molecule has 0 saturated carbocycles. The van der Waals surface area contributed by atoms with Gasteiger partial charge in [0, 0.05) is 18.5 Å². The molecule has 0 spiro atoms. The highest BCUT2D eigenvalue weighted by atomic mass is 32.1. The molecule has 4 rings (SSSR count). The Labute approximate surface area is 162 Å². The molecule has 0 aliphatic rings. The largest absolute Gasteiger partial charge is 0.326 e. The van der Waals surface area contributed by atoms with Gasteiger partial charge in [0.2, 0.25) is 5.91 Å². The Morgan fingerprint density at radius 1 is 0.889 bits per heavy atom. The lowest BCUT2D eigenvalue weighted by atomic mass is 10.0. The molecule has 0 radical (unpaired) electrons. The second-order valence-corrected chi connectivity index (χ2v) is 7.56. The number of aromatic nitrogens is 1. The van der Waals surface area contributed by atoms with Crippen LogP contribution in [0.4, 0.5) is 5.69 Å². The van der Waals surface area contributed by atoms with E-state index in [1.54, 1.807) is 11.3 Å². The lowest BCUT2D eigenvalue weighted by Gasteiger charge is -2.11. The number of thiazole rings is 1. The third-order valence-corrected chi connectivity index (χ3v) is 5.53. The number of para-hydroxylation sites is 2.